The number of carbonyl (C=O) groups is 2. The van der Waals surface area contributed by atoms with E-state index in [1.54, 1.807) is 6.20 Å². The zero-order valence-corrected chi connectivity index (χ0v) is 19.7. The van der Waals surface area contributed by atoms with Crippen LogP contribution in [0.1, 0.15) is 49.0 Å². The molecule has 0 aliphatic heterocycles. The second-order valence-corrected chi connectivity index (χ2v) is 10.3. The number of hydrogen-bond donors (Lipinski definition) is 2. The van der Waals surface area contributed by atoms with Gasteiger partial charge in [0.15, 0.2) is 6.61 Å². The maximum Gasteiger partial charge on any atom is 0.271 e. The van der Waals surface area contributed by atoms with Crippen molar-refractivity contribution in [3.05, 3.63) is 47.1 Å². The minimum atomic E-state index is -0.600. The predicted molar refractivity (Wildman–Crippen MR) is 124 cm³/mol. The molecule has 4 fully saturated rings. The quantitative estimate of drug-likeness (QED) is 0.564. The molecule has 1 aromatic carbocycles. The molecular formula is C24H27ClFN5O3. The molecule has 1 heterocycles. The lowest BCUT2D eigenvalue weighted by molar-refractivity contribution is -0.141. The maximum absolute atomic E-state index is 13.5. The Hall–Kier alpha value is -2.94. The van der Waals surface area contributed by atoms with Crippen LogP contribution in [-0.2, 0) is 4.79 Å². The van der Waals surface area contributed by atoms with E-state index in [0.717, 1.165) is 24.3 Å². The Morgan fingerprint density at radius 1 is 1.18 bits per heavy atom. The van der Waals surface area contributed by atoms with Gasteiger partial charge in [-0.25, -0.2) is 14.4 Å². The van der Waals surface area contributed by atoms with Crippen molar-refractivity contribution in [2.24, 2.45) is 5.92 Å². The number of amides is 2. The van der Waals surface area contributed by atoms with E-state index in [4.69, 9.17) is 16.3 Å². The third kappa shape index (κ3) is 4.53. The average molecular weight is 488 g/mol. The summed E-state index contributed by atoms with van der Waals surface area (Å²) in [6, 6.07) is 4.03. The van der Waals surface area contributed by atoms with Crippen molar-refractivity contribution >= 4 is 29.2 Å². The monoisotopic (exact) mass is 487 g/mol. The fourth-order valence-electron chi connectivity index (χ4n) is 5.20. The van der Waals surface area contributed by atoms with Gasteiger partial charge in [-0.15, -0.1) is 0 Å². The standard InChI is InChI=1S/C24H27ClFN5O3/c1-31(10-15-3-2-4-15)20-9-27-19(8-28-20)22(33)30-24-12-23(13-24,14-24)29-21(32)11-34-16-5-6-17(25)18(26)7-16/h5-9,15H,2-4,10-14H2,1H3,(H,29,32)(H,30,33). The average Bonchev–Trinajstić information content (AvgIpc) is 2.74. The molecule has 10 heteroatoms. The lowest BCUT2D eigenvalue weighted by Crippen LogP contribution is -2.84. The van der Waals surface area contributed by atoms with Gasteiger partial charge in [0.1, 0.15) is 23.1 Å². The van der Waals surface area contributed by atoms with Gasteiger partial charge in [0, 0.05) is 30.7 Å². The van der Waals surface area contributed by atoms with Crippen LogP contribution in [0.15, 0.2) is 30.6 Å². The largest absolute Gasteiger partial charge is 0.484 e. The molecule has 4 aliphatic carbocycles. The zero-order valence-electron chi connectivity index (χ0n) is 18.9. The van der Waals surface area contributed by atoms with E-state index in [9.17, 15) is 14.0 Å². The first-order valence-corrected chi connectivity index (χ1v) is 11.9. The Labute approximate surface area is 202 Å². The van der Waals surface area contributed by atoms with Gasteiger partial charge in [0.2, 0.25) is 0 Å². The molecule has 2 N–H and O–H groups in total. The van der Waals surface area contributed by atoms with Crippen molar-refractivity contribution in [2.75, 3.05) is 25.1 Å². The van der Waals surface area contributed by atoms with E-state index in [1.807, 2.05) is 7.05 Å². The molecule has 34 heavy (non-hydrogen) atoms. The Morgan fingerprint density at radius 2 is 1.91 bits per heavy atom. The van der Waals surface area contributed by atoms with Gasteiger partial charge in [0.05, 0.1) is 17.4 Å². The van der Waals surface area contributed by atoms with Gasteiger partial charge in [-0.3, -0.25) is 9.59 Å². The highest BCUT2D eigenvalue weighted by Gasteiger charge is 2.69. The van der Waals surface area contributed by atoms with E-state index in [-0.39, 0.29) is 46.0 Å². The Bertz CT molecular complexity index is 1090. The molecule has 2 amide bonds. The van der Waals surface area contributed by atoms with E-state index >= 15 is 0 Å². The van der Waals surface area contributed by atoms with Gasteiger partial charge in [-0.05, 0) is 50.2 Å². The van der Waals surface area contributed by atoms with Crippen LogP contribution < -0.4 is 20.3 Å². The zero-order chi connectivity index (χ0) is 23.9. The Balaban J connectivity index is 1.06. The number of benzene rings is 1. The first kappa shape index (κ1) is 22.8. The van der Waals surface area contributed by atoms with Gasteiger partial charge in [-0.2, -0.15) is 0 Å². The summed E-state index contributed by atoms with van der Waals surface area (Å²) >= 11 is 5.64. The number of halogens is 2. The van der Waals surface area contributed by atoms with Gasteiger partial charge in [0.25, 0.3) is 11.8 Å². The summed E-state index contributed by atoms with van der Waals surface area (Å²) < 4.78 is 18.8. The normalized spacial score (nSPS) is 24.8. The van der Waals surface area contributed by atoms with Crippen molar-refractivity contribution < 1.29 is 18.7 Å². The highest BCUT2D eigenvalue weighted by Crippen LogP contribution is 2.60. The molecule has 0 unspecified atom stereocenters. The van der Waals surface area contributed by atoms with E-state index in [0.29, 0.717) is 19.3 Å². The number of nitrogens with zero attached hydrogens (tertiary/aromatic N) is 3. The molecule has 4 saturated carbocycles. The SMILES string of the molecule is CN(CC1CCC1)c1cnc(C(=O)NC23CC(NC(=O)COc4ccc(Cl)c(F)c4)(C2)C3)cn1. The first-order chi connectivity index (χ1) is 16.2. The molecule has 6 rings (SSSR count). The minimum absolute atomic E-state index is 0.00350. The highest BCUT2D eigenvalue weighted by atomic mass is 35.5. The third-order valence-corrected chi connectivity index (χ3v) is 7.40. The van der Waals surface area contributed by atoms with E-state index < -0.39 is 5.82 Å². The molecular weight excluding hydrogens is 461 g/mol. The number of nitrogens with one attached hydrogen (secondary N) is 2. The highest BCUT2D eigenvalue weighted by molar-refractivity contribution is 6.30. The lowest BCUT2D eigenvalue weighted by atomic mass is 9.44. The second-order valence-electron chi connectivity index (χ2n) is 9.90. The summed E-state index contributed by atoms with van der Waals surface area (Å²) in [5.74, 6) is 0.574. The van der Waals surface area contributed by atoms with Crippen molar-refractivity contribution in [1.29, 1.82) is 0 Å². The first-order valence-electron chi connectivity index (χ1n) is 11.5. The summed E-state index contributed by atoms with van der Waals surface area (Å²) in [5.41, 5.74) is -0.350. The Morgan fingerprint density at radius 3 is 2.53 bits per heavy atom. The van der Waals surface area contributed by atoms with E-state index in [1.165, 1.54) is 37.6 Å². The maximum atomic E-state index is 13.5. The van der Waals surface area contributed by atoms with Crippen LogP contribution >= 0.6 is 11.6 Å². The molecule has 2 bridgehead atoms. The summed E-state index contributed by atoms with van der Waals surface area (Å²) in [4.78, 5) is 35.7. The molecule has 8 nitrogen and oxygen atoms in total. The van der Waals surface area contributed by atoms with Crippen LogP contribution in [-0.4, -0.2) is 53.1 Å². The number of anilines is 1. The second kappa shape index (κ2) is 8.69. The van der Waals surface area contributed by atoms with Crippen LogP contribution in [0.2, 0.25) is 5.02 Å². The molecule has 4 aliphatic rings. The molecule has 1 aromatic heterocycles. The van der Waals surface area contributed by atoms with Crippen LogP contribution in [0, 0.1) is 11.7 Å². The fourth-order valence-corrected chi connectivity index (χ4v) is 5.31. The van der Waals surface area contributed by atoms with Gasteiger partial charge in [-0.1, -0.05) is 18.0 Å². The van der Waals surface area contributed by atoms with E-state index in [2.05, 4.69) is 25.5 Å². The molecule has 180 valence electrons. The lowest BCUT2D eigenvalue weighted by Gasteiger charge is -2.70. The number of hydrogen-bond acceptors (Lipinski definition) is 6. The number of ether oxygens (including phenoxy) is 1. The number of rotatable bonds is 9. The van der Waals surface area contributed by atoms with Crippen LogP contribution in [0.4, 0.5) is 10.2 Å². The minimum Gasteiger partial charge on any atom is -0.484 e. The topological polar surface area (TPSA) is 96.5 Å². The summed E-state index contributed by atoms with van der Waals surface area (Å²) in [7, 11) is 2.00. The molecule has 0 spiro atoms. The Kier molecular flexibility index (Phi) is 5.83. The van der Waals surface area contributed by atoms with Crippen LogP contribution in [0.25, 0.3) is 0 Å². The number of carbonyl (C=O) groups excluding carboxylic acids is 2. The summed E-state index contributed by atoms with van der Waals surface area (Å²) in [6.45, 7) is 0.734. The molecule has 0 radical (unpaired) electrons. The van der Waals surface area contributed by atoms with Crippen molar-refractivity contribution in [1.82, 2.24) is 20.6 Å². The third-order valence-electron chi connectivity index (χ3n) is 7.09. The molecule has 0 atom stereocenters. The van der Waals surface area contributed by atoms with Crippen LogP contribution in [0.3, 0.4) is 0 Å². The predicted octanol–water partition coefficient (Wildman–Crippen LogP) is 3.11. The van der Waals surface area contributed by atoms with Crippen LogP contribution in [0.5, 0.6) is 5.75 Å². The molecule has 0 saturated heterocycles. The fraction of sp³-hybridized carbons (Fsp3) is 0.500. The van der Waals surface area contributed by atoms with Crippen molar-refractivity contribution in [2.45, 2.75) is 49.6 Å². The van der Waals surface area contributed by atoms with Gasteiger partial charge < -0.3 is 20.3 Å². The number of aromatic nitrogens is 2. The van der Waals surface area contributed by atoms with Crippen molar-refractivity contribution in [3.8, 4) is 5.75 Å². The van der Waals surface area contributed by atoms with Crippen molar-refractivity contribution in [3.63, 3.8) is 0 Å². The summed E-state index contributed by atoms with van der Waals surface area (Å²) in [6.07, 6.45) is 8.95. The summed E-state index contributed by atoms with van der Waals surface area (Å²) in [5, 5.41) is 6.02. The molecule has 2 aromatic rings. The smallest absolute Gasteiger partial charge is 0.271 e. The van der Waals surface area contributed by atoms with Gasteiger partial charge >= 0.3 is 0 Å².